The molecule has 0 aliphatic heterocycles. The number of pyridine rings is 1. The molecule has 2 aromatic carbocycles. The molecule has 0 unspecified atom stereocenters. The second kappa shape index (κ2) is 21.3. The maximum Gasteiger partial charge on any atom is 0.305 e. The predicted molar refractivity (Wildman–Crippen MR) is 246 cm³/mol. The van der Waals surface area contributed by atoms with Crippen LogP contribution in [0.2, 0.25) is 0 Å². The van der Waals surface area contributed by atoms with Gasteiger partial charge in [-0.3, -0.25) is 19.0 Å². The van der Waals surface area contributed by atoms with E-state index in [1.807, 2.05) is 55.5 Å². The van der Waals surface area contributed by atoms with E-state index in [2.05, 4.69) is 68.8 Å². The Hall–Kier alpha value is -6.81. The van der Waals surface area contributed by atoms with Crippen molar-refractivity contribution >= 4 is 34.1 Å². The molecule has 1 aliphatic carbocycles. The van der Waals surface area contributed by atoms with Gasteiger partial charge in [-0.05, 0) is 99.9 Å². The van der Waals surface area contributed by atoms with E-state index in [-0.39, 0.29) is 29.5 Å². The number of unbranched alkanes of at least 4 members (excludes halogenated alkanes) is 8. The Morgan fingerprint density at radius 1 is 0.937 bits per heavy atom. The average molecular weight is 848 g/mol. The molecule has 326 valence electrons. The number of benzene rings is 2. The number of hydrogen-bond donors (Lipinski definition) is 2. The minimum Gasteiger partial charge on any atom is -0.463 e. The van der Waals surface area contributed by atoms with Crippen LogP contribution in [0.1, 0.15) is 137 Å². The fourth-order valence-electron chi connectivity index (χ4n) is 7.75. The number of allylic oxidation sites excluding steroid dienone is 4. The zero-order valence-electron chi connectivity index (χ0n) is 36.3. The topological polar surface area (TPSA) is 164 Å². The number of anilines is 1. The molecule has 0 radical (unpaired) electrons. The first-order valence-electron chi connectivity index (χ1n) is 22.3. The molecule has 4 aromatic heterocycles. The van der Waals surface area contributed by atoms with Crippen molar-refractivity contribution in [2.24, 2.45) is 0 Å². The highest BCUT2D eigenvalue weighted by Gasteiger charge is 2.47. The first kappa shape index (κ1) is 44.3. The van der Waals surface area contributed by atoms with Crippen molar-refractivity contribution < 1.29 is 14.3 Å². The third kappa shape index (κ3) is 11.2. The molecule has 7 rings (SSSR count). The second-order valence-corrected chi connectivity index (χ2v) is 16.3. The summed E-state index contributed by atoms with van der Waals surface area (Å²) in [5.41, 5.74) is 8.07. The lowest BCUT2D eigenvalue weighted by Crippen LogP contribution is -2.32. The molecular formula is C50H57N9O4. The third-order valence-electron chi connectivity index (χ3n) is 11.5. The Bertz CT molecular complexity index is 2700. The number of carbonyl (C=O) groups is 2. The Labute approximate surface area is 368 Å². The van der Waals surface area contributed by atoms with Crippen molar-refractivity contribution in [3.05, 3.63) is 136 Å². The van der Waals surface area contributed by atoms with Crippen molar-refractivity contribution in [1.29, 1.82) is 0 Å². The molecule has 6 aromatic rings. The van der Waals surface area contributed by atoms with Crippen LogP contribution in [0.5, 0.6) is 0 Å². The first-order chi connectivity index (χ1) is 30.8. The van der Waals surface area contributed by atoms with Gasteiger partial charge in [0.1, 0.15) is 12.2 Å². The molecule has 0 bridgehead atoms. The number of esters is 1. The molecule has 1 fully saturated rings. The van der Waals surface area contributed by atoms with Crippen LogP contribution >= 0.6 is 0 Å². The highest BCUT2D eigenvalue weighted by Crippen LogP contribution is 2.43. The van der Waals surface area contributed by atoms with E-state index in [1.54, 1.807) is 40.0 Å². The van der Waals surface area contributed by atoms with Gasteiger partial charge >= 0.3 is 5.97 Å². The van der Waals surface area contributed by atoms with E-state index in [0.717, 1.165) is 44.9 Å². The van der Waals surface area contributed by atoms with Gasteiger partial charge in [-0.25, -0.2) is 14.2 Å². The van der Waals surface area contributed by atoms with Crippen molar-refractivity contribution in [2.75, 3.05) is 12.3 Å². The average Bonchev–Trinajstić information content (AvgIpc) is 3.78. The summed E-state index contributed by atoms with van der Waals surface area (Å²) in [6.45, 7) is 4.29. The summed E-state index contributed by atoms with van der Waals surface area (Å²) in [6.07, 6.45) is 28.7. The zero-order valence-corrected chi connectivity index (χ0v) is 36.3. The standard InChI is InChI=1S/C50H57N9O4/c1-3-4-5-6-7-8-9-10-11-12-13-14-15-16-20-27-43(60)63-36-50(30-31-50)58-35-40(54-56-58)29-28-38-23-21-24-39-34-42(59(49(62)44(38)39)41-25-18-17-19-26-41)37(2)53-48(61)45-46(51)55-57-33-22-32-52-47(45)57/h7-8,10-11,17-19,21-26,32-35,37H,3-6,9,12-16,20,27,30-31,36H2,1-2H3,(H2,51,55)(H,53,61)/b8-7-,11-10-/t37-/m0/s1. The van der Waals surface area contributed by atoms with Crippen LogP contribution in [0.25, 0.3) is 22.1 Å². The van der Waals surface area contributed by atoms with Gasteiger partial charge in [0.05, 0.1) is 23.2 Å². The minimum atomic E-state index is -0.628. The molecule has 1 saturated carbocycles. The number of rotatable bonds is 21. The molecule has 13 heteroatoms. The number of nitrogens with zero attached hydrogens (tertiary/aromatic N) is 7. The molecule has 0 spiro atoms. The molecule has 3 N–H and O–H groups in total. The van der Waals surface area contributed by atoms with Gasteiger partial charge in [-0.15, -0.1) is 10.2 Å². The quantitative estimate of drug-likeness (QED) is 0.0312. The number of nitrogens with two attached hydrogens (primary N) is 1. The number of amides is 1. The van der Waals surface area contributed by atoms with Gasteiger partial charge in [-0.1, -0.05) is 105 Å². The molecule has 1 atom stereocenters. The van der Waals surface area contributed by atoms with Gasteiger partial charge < -0.3 is 15.8 Å². The van der Waals surface area contributed by atoms with Gasteiger partial charge in [0.15, 0.2) is 17.2 Å². The van der Waals surface area contributed by atoms with Crippen molar-refractivity contribution in [3.63, 3.8) is 0 Å². The number of para-hydroxylation sites is 1. The number of ether oxygens (including phenoxy) is 1. The summed E-state index contributed by atoms with van der Waals surface area (Å²) >= 11 is 0. The number of nitrogens with one attached hydrogen (secondary N) is 1. The summed E-state index contributed by atoms with van der Waals surface area (Å²) in [5, 5.41) is 17.0. The Kier molecular flexibility index (Phi) is 15.0. The lowest BCUT2D eigenvalue weighted by molar-refractivity contribution is -0.145. The van der Waals surface area contributed by atoms with Crippen LogP contribution in [0.3, 0.4) is 0 Å². The smallest absolute Gasteiger partial charge is 0.305 e. The number of fused-ring (bicyclic) bond motifs is 2. The van der Waals surface area contributed by atoms with Gasteiger partial charge in [0, 0.05) is 35.8 Å². The summed E-state index contributed by atoms with van der Waals surface area (Å²) in [4.78, 5) is 45.1. The van der Waals surface area contributed by atoms with Gasteiger partial charge in [0.2, 0.25) is 0 Å². The number of hydrogen-bond acceptors (Lipinski definition) is 9. The highest BCUT2D eigenvalue weighted by atomic mass is 16.5. The Morgan fingerprint density at radius 2 is 1.70 bits per heavy atom. The SMILES string of the molecule is CCCCC/C=C\C/C=C\CCCCCCCC(=O)OCC1(n2cc(C#Cc3cccc4cc([C@H](C)NC(=O)c5c(N)nn6cccnc56)n(-c5ccccc5)c(=O)c34)nn2)CC1. The van der Waals surface area contributed by atoms with Crippen LogP contribution < -0.4 is 16.6 Å². The fourth-order valence-corrected chi connectivity index (χ4v) is 7.75. The number of aromatic nitrogens is 7. The molecule has 1 aliphatic rings. The van der Waals surface area contributed by atoms with E-state index >= 15 is 0 Å². The summed E-state index contributed by atoms with van der Waals surface area (Å²) in [7, 11) is 0. The predicted octanol–water partition coefficient (Wildman–Crippen LogP) is 8.94. The van der Waals surface area contributed by atoms with E-state index in [1.165, 1.54) is 43.0 Å². The molecule has 0 saturated heterocycles. The van der Waals surface area contributed by atoms with Crippen molar-refractivity contribution in [3.8, 4) is 17.5 Å². The maximum atomic E-state index is 14.6. The molecule has 4 heterocycles. The van der Waals surface area contributed by atoms with E-state index in [4.69, 9.17) is 10.5 Å². The van der Waals surface area contributed by atoms with Gasteiger partial charge in [0.25, 0.3) is 11.5 Å². The maximum absolute atomic E-state index is 14.6. The van der Waals surface area contributed by atoms with Crippen LogP contribution in [-0.2, 0) is 15.1 Å². The minimum absolute atomic E-state index is 0.0505. The summed E-state index contributed by atoms with van der Waals surface area (Å²) in [5.74, 6) is 5.68. The normalized spacial score (nSPS) is 13.7. The Morgan fingerprint density at radius 3 is 2.48 bits per heavy atom. The Balaban J connectivity index is 0.954. The number of nitrogen functional groups attached to an aromatic ring is 1. The van der Waals surface area contributed by atoms with Crippen molar-refractivity contribution in [2.45, 2.75) is 115 Å². The van der Waals surface area contributed by atoms with E-state index in [9.17, 15) is 14.4 Å². The fraction of sp³-hybridized carbons (Fsp3) is 0.380. The first-order valence-corrected chi connectivity index (χ1v) is 22.3. The summed E-state index contributed by atoms with van der Waals surface area (Å²) in [6, 6.07) is 17.7. The second-order valence-electron chi connectivity index (χ2n) is 16.3. The van der Waals surface area contributed by atoms with Crippen LogP contribution in [-0.4, -0.2) is 52.6 Å². The van der Waals surface area contributed by atoms with Crippen LogP contribution in [0.15, 0.2) is 108 Å². The van der Waals surface area contributed by atoms with Gasteiger partial charge in [-0.2, -0.15) is 0 Å². The van der Waals surface area contributed by atoms with E-state index in [0.29, 0.717) is 45.5 Å². The molecule has 13 nitrogen and oxygen atoms in total. The largest absolute Gasteiger partial charge is 0.463 e. The highest BCUT2D eigenvalue weighted by molar-refractivity contribution is 6.04. The lowest BCUT2D eigenvalue weighted by Gasteiger charge is -2.21. The van der Waals surface area contributed by atoms with E-state index < -0.39 is 17.5 Å². The molecule has 1 amide bonds. The number of carbonyl (C=O) groups excluding carboxylic acids is 2. The monoisotopic (exact) mass is 847 g/mol. The molecular weight excluding hydrogens is 791 g/mol. The lowest BCUT2D eigenvalue weighted by atomic mass is 10.0. The zero-order chi connectivity index (χ0) is 44.0. The molecule has 63 heavy (non-hydrogen) atoms. The van der Waals surface area contributed by atoms with Crippen molar-refractivity contribution in [1.82, 2.24) is 39.5 Å². The summed E-state index contributed by atoms with van der Waals surface area (Å²) < 4.78 is 10.5. The third-order valence-corrected chi connectivity index (χ3v) is 11.5. The van der Waals surface area contributed by atoms with Crippen LogP contribution in [0, 0.1) is 11.8 Å². The van der Waals surface area contributed by atoms with Crippen LogP contribution in [0.4, 0.5) is 5.82 Å².